The lowest BCUT2D eigenvalue weighted by molar-refractivity contribution is 0.0995. The van der Waals surface area contributed by atoms with E-state index in [2.05, 4.69) is 15.7 Å². The Kier molecular flexibility index (Phi) is 4.39. The molecule has 0 spiro atoms. The van der Waals surface area contributed by atoms with Gasteiger partial charge >= 0.3 is 0 Å². The van der Waals surface area contributed by atoms with E-state index in [1.54, 1.807) is 26.4 Å². The molecule has 1 aromatic heterocycles. The zero-order chi connectivity index (χ0) is 15.4. The van der Waals surface area contributed by atoms with Gasteiger partial charge < -0.3 is 21.1 Å². The molecule has 1 amide bonds. The van der Waals surface area contributed by atoms with Gasteiger partial charge in [0.25, 0.3) is 5.91 Å². The molecule has 0 aliphatic carbocycles. The molecule has 2 rings (SSSR count). The van der Waals surface area contributed by atoms with Crippen LogP contribution in [0.15, 0.2) is 30.5 Å². The number of methoxy groups -OCH3 is 1. The third-order valence-corrected chi connectivity index (χ3v) is 2.84. The van der Waals surface area contributed by atoms with Crippen LogP contribution in [0.4, 0.5) is 11.4 Å². The number of ether oxygens (including phenoxy) is 1. The largest absolute Gasteiger partial charge is 0.497 e. The number of aromatic nitrogens is 2. The highest BCUT2D eigenvalue weighted by atomic mass is 32.1. The van der Waals surface area contributed by atoms with Crippen molar-refractivity contribution < 1.29 is 9.53 Å². The number of nitrogens with two attached hydrogens (primary N) is 1. The van der Waals surface area contributed by atoms with Crippen molar-refractivity contribution in [2.75, 3.05) is 17.7 Å². The van der Waals surface area contributed by atoms with Gasteiger partial charge in [0.15, 0.2) is 10.8 Å². The maximum absolute atomic E-state index is 11.3. The molecule has 8 heteroatoms. The lowest BCUT2D eigenvalue weighted by atomic mass is 10.3. The van der Waals surface area contributed by atoms with Crippen LogP contribution in [-0.2, 0) is 7.05 Å². The highest BCUT2D eigenvalue weighted by Gasteiger charge is 2.14. The average molecular weight is 305 g/mol. The van der Waals surface area contributed by atoms with Crippen LogP contribution < -0.4 is 21.1 Å². The lowest BCUT2D eigenvalue weighted by Gasteiger charge is -2.10. The van der Waals surface area contributed by atoms with E-state index in [1.165, 1.54) is 4.68 Å². The summed E-state index contributed by atoms with van der Waals surface area (Å²) in [5.74, 6) is 0.0873. The van der Waals surface area contributed by atoms with E-state index >= 15 is 0 Å². The fourth-order valence-electron chi connectivity index (χ4n) is 1.75. The van der Waals surface area contributed by atoms with Crippen LogP contribution >= 0.6 is 12.2 Å². The topological polar surface area (TPSA) is 94.2 Å². The van der Waals surface area contributed by atoms with Crippen LogP contribution in [0.5, 0.6) is 5.75 Å². The number of benzene rings is 1. The quantitative estimate of drug-likeness (QED) is 0.738. The van der Waals surface area contributed by atoms with Crippen LogP contribution in [0.25, 0.3) is 0 Å². The highest BCUT2D eigenvalue weighted by Crippen LogP contribution is 2.18. The minimum atomic E-state index is -0.623. The third-order valence-electron chi connectivity index (χ3n) is 2.64. The number of anilines is 2. The van der Waals surface area contributed by atoms with Gasteiger partial charge in [0, 0.05) is 25.0 Å². The Hall–Kier alpha value is -2.61. The average Bonchev–Trinajstić information content (AvgIpc) is 2.79. The van der Waals surface area contributed by atoms with Gasteiger partial charge in [-0.15, -0.1) is 0 Å². The first-order valence-corrected chi connectivity index (χ1v) is 6.46. The first-order chi connectivity index (χ1) is 9.99. The van der Waals surface area contributed by atoms with Crippen LogP contribution in [0.1, 0.15) is 10.5 Å². The molecule has 0 radical (unpaired) electrons. The van der Waals surface area contributed by atoms with Gasteiger partial charge in [-0.3, -0.25) is 9.48 Å². The van der Waals surface area contributed by atoms with Gasteiger partial charge in [-0.25, -0.2) is 0 Å². The fourth-order valence-corrected chi connectivity index (χ4v) is 1.98. The van der Waals surface area contributed by atoms with Crippen molar-refractivity contribution in [1.29, 1.82) is 0 Å². The summed E-state index contributed by atoms with van der Waals surface area (Å²) in [6.45, 7) is 0. The number of hydrogen-bond acceptors (Lipinski definition) is 4. The summed E-state index contributed by atoms with van der Waals surface area (Å²) in [4.78, 5) is 11.3. The van der Waals surface area contributed by atoms with E-state index in [1.807, 2.05) is 18.2 Å². The van der Waals surface area contributed by atoms with Gasteiger partial charge in [0.05, 0.1) is 12.8 Å². The number of primary amides is 1. The van der Waals surface area contributed by atoms with E-state index in [9.17, 15) is 4.79 Å². The van der Waals surface area contributed by atoms with E-state index in [0.717, 1.165) is 5.69 Å². The minimum Gasteiger partial charge on any atom is -0.497 e. The molecular formula is C13H15N5O2S. The zero-order valence-electron chi connectivity index (χ0n) is 11.6. The fraction of sp³-hybridized carbons (Fsp3) is 0.154. The molecule has 4 N–H and O–H groups in total. The maximum Gasteiger partial charge on any atom is 0.271 e. The number of nitrogens with zero attached hydrogens (tertiary/aromatic N) is 2. The standard InChI is InChI=1S/C13H15N5O2S/c1-18-7-10(11(17-18)12(14)19)16-13(21)15-8-4-3-5-9(6-8)20-2/h3-7H,1-2H3,(H2,14,19)(H2,15,16,21). The molecule has 0 saturated carbocycles. The summed E-state index contributed by atoms with van der Waals surface area (Å²) in [5.41, 5.74) is 6.60. The Morgan fingerprint density at radius 1 is 1.43 bits per heavy atom. The van der Waals surface area contributed by atoms with Crippen LogP contribution in [-0.4, -0.2) is 27.9 Å². The number of hydrogen-bond donors (Lipinski definition) is 3. The predicted octanol–water partition coefficient (Wildman–Crippen LogP) is 1.34. The predicted molar refractivity (Wildman–Crippen MR) is 84.6 cm³/mol. The van der Waals surface area contributed by atoms with Crippen molar-refractivity contribution in [3.8, 4) is 5.75 Å². The molecule has 0 fully saturated rings. The Labute approximate surface area is 127 Å². The molecule has 1 heterocycles. The molecule has 21 heavy (non-hydrogen) atoms. The summed E-state index contributed by atoms with van der Waals surface area (Å²) in [6.07, 6.45) is 1.62. The van der Waals surface area contributed by atoms with Gasteiger partial charge in [-0.05, 0) is 24.4 Å². The smallest absolute Gasteiger partial charge is 0.271 e. The van der Waals surface area contributed by atoms with Crippen LogP contribution in [0, 0.1) is 0 Å². The molecule has 0 aliphatic rings. The first-order valence-electron chi connectivity index (χ1n) is 6.05. The molecule has 0 unspecified atom stereocenters. The van der Waals surface area contributed by atoms with E-state index in [0.29, 0.717) is 16.5 Å². The van der Waals surface area contributed by atoms with Crippen molar-refractivity contribution >= 4 is 34.6 Å². The van der Waals surface area contributed by atoms with E-state index in [4.69, 9.17) is 22.7 Å². The van der Waals surface area contributed by atoms with Crippen molar-refractivity contribution in [3.05, 3.63) is 36.2 Å². The van der Waals surface area contributed by atoms with E-state index in [-0.39, 0.29) is 5.69 Å². The molecule has 0 saturated heterocycles. The number of carbonyl (C=O) groups excluding carboxylic acids is 1. The zero-order valence-corrected chi connectivity index (χ0v) is 12.4. The molecule has 0 bridgehead atoms. The van der Waals surface area contributed by atoms with Crippen molar-refractivity contribution in [3.63, 3.8) is 0 Å². The van der Waals surface area contributed by atoms with Gasteiger partial charge in [0.2, 0.25) is 0 Å². The first kappa shape index (κ1) is 14.8. The number of amides is 1. The van der Waals surface area contributed by atoms with Gasteiger partial charge in [-0.2, -0.15) is 5.10 Å². The van der Waals surface area contributed by atoms with Crippen LogP contribution in [0.3, 0.4) is 0 Å². The second-order valence-electron chi connectivity index (χ2n) is 4.24. The number of nitrogens with one attached hydrogen (secondary N) is 2. The molecule has 7 nitrogen and oxygen atoms in total. The summed E-state index contributed by atoms with van der Waals surface area (Å²) < 4.78 is 6.61. The molecule has 1 aromatic carbocycles. The molecule has 110 valence electrons. The number of thiocarbonyl (C=S) groups is 1. The monoisotopic (exact) mass is 305 g/mol. The van der Waals surface area contributed by atoms with Gasteiger partial charge in [-0.1, -0.05) is 6.07 Å². The van der Waals surface area contributed by atoms with Crippen molar-refractivity contribution in [2.45, 2.75) is 0 Å². The molecular weight excluding hydrogens is 290 g/mol. The summed E-state index contributed by atoms with van der Waals surface area (Å²) in [5, 5.41) is 10.2. The van der Waals surface area contributed by atoms with Gasteiger partial charge in [0.1, 0.15) is 5.75 Å². The van der Waals surface area contributed by atoms with E-state index < -0.39 is 5.91 Å². The SMILES string of the molecule is COc1cccc(NC(=S)Nc2cn(C)nc2C(N)=O)c1. The minimum absolute atomic E-state index is 0.132. The Morgan fingerprint density at radius 3 is 2.86 bits per heavy atom. The number of rotatable bonds is 4. The third kappa shape index (κ3) is 3.69. The Balaban J connectivity index is 2.09. The highest BCUT2D eigenvalue weighted by molar-refractivity contribution is 7.80. The number of aryl methyl sites for hydroxylation is 1. The second kappa shape index (κ2) is 6.23. The molecule has 2 aromatic rings. The summed E-state index contributed by atoms with van der Waals surface area (Å²) in [6, 6.07) is 7.30. The van der Waals surface area contributed by atoms with Crippen LogP contribution in [0.2, 0.25) is 0 Å². The molecule has 0 aliphatic heterocycles. The second-order valence-corrected chi connectivity index (χ2v) is 4.65. The van der Waals surface area contributed by atoms with Crippen molar-refractivity contribution in [2.24, 2.45) is 12.8 Å². The summed E-state index contributed by atoms with van der Waals surface area (Å²) >= 11 is 5.20. The lowest BCUT2D eigenvalue weighted by Crippen LogP contribution is -2.21. The normalized spacial score (nSPS) is 10.0. The maximum atomic E-state index is 11.3. The Morgan fingerprint density at radius 2 is 2.19 bits per heavy atom. The Bertz CT molecular complexity index is 683. The number of carbonyl (C=O) groups is 1. The molecule has 0 atom stereocenters. The summed E-state index contributed by atoms with van der Waals surface area (Å²) in [7, 11) is 3.28. The van der Waals surface area contributed by atoms with Crippen molar-refractivity contribution in [1.82, 2.24) is 9.78 Å².